The van der Waals surface area contributed by atoms with E-state index < -0.39 is 29.9 Å². The van der Waals surface area contributed by atoms with Crippen LogP contribution in [0.4, 0.5) is 4.79 Å². The van der Waals surface area contributed by atoms with E-state index in [0.29, 0.717) is 34.5 Å². The van der Waals surface area contributed by atoms with Gasteiger partial charge in [0.15, 0.2) is 0 Å². The second kappa shape index (κ2) is 9.15. The van der Waals surface area contributed by atoms with Crippen molar-refractivity contribution < 1.29 is 19.4 Å². The summed E-state index contributed by atoms with van der Waals surface area (Å²) in [5, 5.41) is 13.9. The number of nitrogens with two attached hydrogens (primary N) is 1. The molecule has 8 heteroatoms. The fraction of sp³-hybridized carbons (Fsp3) is 0.385. The molecule has 0 saturated heterocycles. The normalized spacial score (nSPS) is 17.4. The Balaban J connectivity index is 1.86. The molecule has 4 rings (SSSR count). The van der Waals surface area contributed by atoms with Crippen LogP contribution in [0.2, 0.25) is 5.02 Å². The Kier molecular flexibility index (Phi) is 6.57. The van der Waals surface area contributed by atoms with Crippen LogP contribution in [0.25, 0.3) is 10.9 Å². The van der Waals surface area contributed by atoms with Crippen molar-refractivity contribution in [3.05, 3.63) is 69.9 Å². The first-order valence-electron chi connectivity index (χ1n) is 11.3. The highest BCUT2D eigenvalue weighted by Gasteiger charge is 2.34. The number of hydrogen-bond acceptors (Lipinski definition) is 6. The van der Waals surface area contributed by atoms with Crippen molar-refractivity contribution >= 4 is 34.4 Å². The summed E-state index contributed by atoms with van der Waals surface area (Å²) in [6.07, 6.45) is -0.931. The minimum absolute atomic E-state index is 0.182. The van der Waals surface area contributed by atoms with Crippen LogP contribution in [0.5, 0.6) is 0 Å². The minimum atomic E-state index is -0.754. The lowest BCUT2D eigenvalue weighted by atomic mass is 9.99. The summed E-state index contributed by atoms with van der Waals surface area (Å²) in [5.74, 6) is -0.252. The van der Waals surface area contributed by atoms with Crippen molar-refractivity contribution in [2.45, 2.75) is 64.4 Å². The van der Waals surface area contributed by atoms with Gasteiger partial charge in [-0.05, 0) is 62.9 Å². The number of fused-ring (bicyclic) bond motifs is 2. The fourth-order valence-corrected chi connectivity index (χ4v) is 4.76. The van der Waals surface area contributed by atoms with Crippen LogP contribution in [0.15, 0.2) is 42.5 Å². The molecule has 3 aromatic rings. The molecule has 1 aliphatic heterocycles. The van der Waals surface area contributed by atoms with Crippen LogP contribution in [0, 0.1) is 0 Å². The summed E-state index contributed by atoms with van der Waals surface area (Å²) in [7, 11) is 0. The van der Waals surface area contributed by atoms with Gasteiger partial charge in [0.05, 0.1) is 28.4 Å². The molecular weight excluding hydrogens is 454 g/mol. The molecule has 0 saturated carbocycles. The van der Waals surface area contributed by atoms with Crippen LogP contribution in [0.3, 0.4) is 0 Å². The number of ketones is 1. The summed E-state index contributed by atoms with van der Waals surface area (Å²) in [6, 6.07) is 11.7. The lowest BCUT2D eigenvalue weighted by molar-refractivity contribution is 0.0534. The van der Waals surface area contributed by atoms with Crippen LogP contribution in [0.1, 0.15) is 73.4 Å². The van der Waals surface area contributed by atoms with Crippen molar-refractivity contribution in [3.8, 4) is 0 Å². The Hall–Kier alpha value is -2.71. The minimum Gasteiger partial charge on any atom is -0.443 e. The molecule has 0 amide bonds. The van der Waals surface area contributed by atoms with Crippen molar-refractivity contribution in [2.24, 2.45) is 5.73 Å². The van der Waals surface area contributed by atoms with Gasteiger partial charge in [-0.25, -0.2) is 9.36 Å². The molecule has 4 N–H and O–H groups in total. The number of aliphatic hydroxyl groups is 1. The molecule has 2 heterocycles. The maximum Gasteiger partial charge on any atom is 0.419 e. The van der Waals surface area contributed by atoms with E-state index >= 15 is 0 Å². The molecule has 0 radical (unpaired) electrons. The van der Waals surface area contributed by atoms with Gasteiger partial charge in [-0.2, -0.15) is 0 Å². The van der Waals surface area contributed by atoms with E-state index in [-0.39, 0.29) is 11.5 Å². The van der Waals surface area contributed by atoms with Crippen molar-refractivity contribution in [1.82, 2.24) is 9.88 Å². The van der Waals surface area contributed by atoms with Crippen LogP contribution in [-0.2, 0) is 11.3 Å². The second-order valence-corrected chi connectivity index (χ2v) is 10.2. The average Bonchev–Trinajstić information content (AvgIpc) is 3.34. The Morgan fingerprint density at radius 1 is 1.26 bits per heavy atom. The molecule has 3 unspecified atom stereocenters. The molecule has 0 aliphatic carbocycles. The number of rotatable bonds is 5. The first-order valence-corrected chi connectivity index (χ1v) is 11.7. The molecule has 180 valence electrons. The van der Waals surface area contributed by atoms with Crippen LogP contribution < -0.4 is 11.1 Å². The maximum atomic E-state index is 13.8. The first-order chi connectivity index (χ1) is 16.0. The molecular formula is C26H30ClN3O4. The van der Waals surface area contributed by atoms with E-state index in [2.05, 4.69) is 5.32 Å². The molecule has 1 aromatic heterocycles. The van der Waals surface area contributed by atoms with Gasteiger partial charge < -0.3 is 15.6 Å². The van der Waals surface area contributed by atoms with Crippen LogP contribution in [-0.4, -0.2) is 33.3 Å². The predicted molar refractivity (Wildman–Crippen MR) is 132 cm³/mol. The number of ether oxygens (including phenoxy) is 1. The monoisotopic (exact) mass is 483 g/mol. The highest BCUT2D eigenvalue weighted by atomic mass is 35.5. The standard InChI is InChI=1S/C26H30ClN3O4/c1-14(31)11-19(28)17-9-10-20-18(22(17)27)12-21(30(20)25(33)34-26(2,3)4)24(32)23-16-8-6-5-7-15(16)13-29-23/h5-10,12,14,19,23,29,31H,11,13,28H2,1-4H3. The summed E-state index contributed by atoms with van der Waals surface area (Å²) in [6.45, 7) is 7.54. The number of Topliss-reactive ketones (excluding diaryl/α,β-unsaturated/α-hetero) is 1. The van der Waals surface area contributed by atoms with E-state index in [4.69, 9.17) is 22.1 Å². The van der Waals surface area contributed by atoms with Gasteiger partial charge in [0.2, 0.25) is 5.78 Å². The van der Waals surface area contributed by atoms with Crippen molar-refractivity contribution in [2.75, 3.05) is 0 Å². The number of nitrogens with one attached hydrogen (secondary N) is 1. The van der Waals surface area contributed by atoms with Gasteiger partial charge >= 0.3 is 6.09 Å². The second-order valence-electron chi connectivity index (χ2n) is 9.82. The number of benzene rings is 2. The van der Waals surface area contributed by atoms with E-state index in [0.717, 1.165) is 11.1 Å². The number of nitrogens with zero attached hydrogens (tertiary/aromatic N) is 1. The number of carbonyl (C=O) groups is 2. The zero-order chi connectivity index (χ0) is 24.8. The summed E-state index contributed by atoms with van der Waals surface area (Å²) < 4.78 is 6.93. The van der Waals surface area contributed by atoms with E-state index in [1.165, 1.54) is 4.57 Å². The first kappa shape index (κ1) is 24.4. The van der Waals surface area contributed by atoms with Gasteiger partial charge in [0.25, 0.3) is 0 Å². The Morgan fingerprint density at radius 3 is 2.65 bits per heavy atom. The van der Waals surface area contributed by atoms with Gasteiger partial charge in [0, 0.05) is 18.0 Å². The highest BCUT2D eigenvalue weighted by molar-refractivity contribution is 6.36. The van der Waals surface area contributed by atoms with E-state index in [1.54, 1.807) is 45.9 Å². The third kappa shape index (κ3) is 4.61. The van der Waals surface area contributed by atoms with Crippen LogP contribution >= 0.6 is 11.6 Å². The smallest absolute Gasteiger partial charge is 0.419 e. The number of carbonyl (C=O) groups excluding carboxylic acids is 2. The van der Waals surface area contributed by atoms with Gasteiger partial charge in [0.1, 0.15) is 5.60 Å². The quantitative estimate of drug-likeness (QED) is 0.447. The lowest BCUT2D eigenvalue weighted by Crippen LogP contribution is -2.31. The largest absolute Gasteiger partial charge is 0.443 e. The molecule has 0 fully saturated rings. The highest BCUT2D eigenvalue weighted by Crippen LogP contribution is 2.36. The topological polar surface area (TPSA) is 107 Å². The van der Waals surface area contributed by atoms with E-state index in [1.807, 2.05) is 24.3 Å². The third-order valence-corrected chi connectivity index (χ3v) is 6.32. The van der Waals surface area contributed by atoms with Gasteiger partial charge in [-0.3, -0.25) is 10.1 Å². The molecule has 0 spiro atoms. The number of hydrogen-bond donors (Lipinski definition) is 3. The summed E-state index contributed by atoms with van der Waals surface area (Å²) >= 11 is 6.73. The van der Waals surface area contributed by atoms with Crippen molar-refractivity contribution in [1.29, 1.82) is 0 Å². The van der Waals surface area contributed by atoms with Gasteiger partial charge in [-0.1, -0.05) is 41.9 Å². The zero-order valence-electron chi connectivity index (χ0n) is 19.8. The predicted octanol–water partition coefficient (Wildman–Crippen LogP) is 4.88. The Labute approximate surface area is 203 Å². The van der Waals surface area contributed by atoms with Gasteiger partial charge in [-0.15, -0.1) is 0 Å². The Morgan fingerprint density at radius 2 is 1.97 bits per heavy atom. The number of aliphatic hydroxyl groups excluding tert-OH is 1. The summed E-state index contributed by atoms with van der Waals surface area (Å²) in [5.41, 5.74) is 8.73. The number of aromatic nitrogens is 1. The van der Waals surface area contributed by atoms with E-state index in [9.17, 15) is 14.7 Å². The molecule has 7 nitrogen and oxygen atoms in total. The molecule has 34 heavy (non-hydrogen) atoms. The third-order valence-electron chi connectivity index (χ3n) is 5.90. The maximum absolute atomic E-state index is 13.8. The molecule has 0 bridgehead atoms. The zero-order valence-corrected chi connectivity index (χ0v) is 20.5. The summed E-state index contributed by atoms with van der Waals surface area (Å²) in [4.78, 5) is 27.0. The Bertz CT molecular complexity index is 1260. The SMILES string of the molecule is CC(O)CC(N)c1ccc2c(cc(C(=O)C3NCc4ccccc43)n2C(=O)OC(C)(C)C)c1Cl. The number of halogens is 1. The average molecular weight is 484 g/mol. The molecule has 3 atom stereocenters. The fourth-order valence-electron chi connectivity index (χ4n) is 4.41. The lowest BCUT2D eigenvalue weighted by Gasteiger charge is -2.21. The molecule has 2 aromatic carbocycles. The molecule has 1 aliphatic rings. The van der Waals surface area contributed by atoms with Crippen molar-refractivity contribution in [3.63, 3.8) is 0 Å².